The molecule has 8 nitrogen and oxygen atoms in total. The summed E-state index contributed by atoms with van der Waals surface area (Å²) < 4.78 is 10.1. The molecule has 8 heteroatoms. The number of hydrogen-bond acceptors (Lipinski definition) is 6. The summed E-state index contributed by atoms with van der Waals surface area (Å²) in [4.78, 5) is 34.8. The number of methoxy groups -OCH3 is 1. The van der Waals surface area contributed by atoms with Crippen LogP contribution in [0.15, 0.2) is 29.4 Å². The second-order valence-electron chi connectivity index (χ2n) is 5.21. The third-order valence-electron chi connectivity index (χ3n) is 3.42. The lowest BCUT2D eigenvalue weighted by molar-refractivity contribution is -0.148. The molecule has 0 aromatic heterocycles. The van der Waals surface area contributed by atoms with Gasteiger partial charge in [0.15, 0.2) is 6.10 Å². The Balaban J connectivity index is 1.81. The molecule has 24 heavy (non-hydrogen) atoms. The molecule has 1 aromatic rings. The van der Waals surface area contributed by atoms with Crippen molar-refractivity contribution in [2.75, 3.05) is 7.11 Å². The summed E-state index contributed by atoms with van der Waals surface area (Å²) in [6.45, 7) is 1.78. The molecule has 2 rings (SSSR count). The summed E-state index contributed by atoms with van der Waals surface area (Å²) in [5, 5.41) is 6.32. The van der Waals surface area contributed by atoms with Crippen molar-refractivity contribution < 1.29 is 23.9 Å². The SMILES string of the molecule is COc1ccc(CNC(=O)[C@H](C)OC(=O)C2=NNC(=O)CC2)cc1. The number of hydrazone groups is 1. The van der Waals surface area contributed by atoms with Crippen molar-refractivity contribution in [1.82, 2.24) is 10.7 Å². The van der Waals surface area contributed by atoms with Crippen molar-refractivity contribution in [1.29, 1.82) is 0 Å². The van der Waals surface area contributed by atoms with Gasteiger partial charge in [-0.3, -0.25) is 9.59 Å². The van der Waals surface area contributed by atoms with Crippen LogP contribution in [0.2, 0.25) is 0 Å². The fraction of sp³-hybridized carbons (Fsp3) is 0.375. The lowest BCUT2D eigenvalue weighted by Crippen LogP contribution is -2.38. The van der Waals surface area contributed by atoms with Gasteiger partial charge in [-0.1, -0.05) is 12.1 Å². The molecule has 2 amide bonds. The molecule has 1 heterocycles. The number of carbonyl (C=O) groups excluding carboxylic acids is 3. The predicted molar refractivity (Wildman–Crippen MR) is 85.2 cm³/mol. The van der Waals surface area contributed by atoms with Crippen molar-refractivity contribution >= 4 is 23.5 Å². The van der Waals surface area contributed by atoms with Gasteiger partial charge in [0.1, 0.15) is 11.5 Å². The number of nitrogens with zero attached hydrogens (tertiary/aromatic N) is 1. The number of amides is 2. The van der Waals surface area contributed by atoms with Gasteiger partial charge in [0.05, 0.1) is 7.11 Å². The third kappa shape index (κ3) is 4.80. The zero-order valence-electron chi connectivity index (χ0n) is 13.5. The Bertz CT molecular complexity index is 654. The smallest absolute Gasteiger partial charge is 0.355 e. The topological polar surface area (TPSA) is 106 Å². The molecule has 0 aliphatic carbocycles. The summed E-state index contributed by atoms with van der Waals surface area (Å²) in [7, 11) is 1.58. The van der Waals surface area contributed by atoms with Crippen LogP contribution in [0.1, 0.15) is 25.3 Å². The second-order valence-corrected chi connectivity index (χ2v) is 5.21. The highest BCUT2D eigenvalue weighted by molar-refractivity contribution is 6.37. The Morgan fingerprint density at radius 1 is 1.29 bits per heavy atom. The molecule has 1 aliphatic rings. The Morgan fingerprint density at radius 3 is 2.58 bits per heavy atom. The van der Waals surface area contributed by atoms with Crippen molar-refractivity contribution in [2.24, 2.45) is 5.10 Å². The van der Waals surface area contributed by atoms with Gasteiger partial charge in [0, 0.05) is 19.4 Å². The van der Waals surface area contributed by atoms with Crippen molar-refractivity contribution in [2.45, 2.75) is 32.4 Å². The first-order chi connectivity index (χ1) is 11.5. The van der Waals surface area contributed by atoms with Crippen LogP contribution in [-0.4, -0.2) is 36.7 Å². The molecule has 0 saturated heterocycles. The molecule has 0 spiro atoms. The van der Waals surface area contributed by atoms with Gasteiger partial charge >= 0.3 is 5.97 Å². The van der Waals surface area contributed by atoms with E-state index in [1.165, 1.54) is 6.92 Å². The van der Waals surface area contributed by atoms with E-state index in [-0.39, 0.29) is 24.5 Å². The third-order valence-corrected chi connectivity index (χ3v) is 3.42. The standard InChI is InChI=1S/C16H19N3O5/c1-10(24-16(22)13-7-8-14(20)19-18-13)15(21)17-9-11-3-5-12(23-2)6-4-11/h3-6,10H,7-9H2,1-2H3,(H,17,21)(H,19,20)/t10-/m0/s1. The second kappa shape index (κ2) is 8.09. The van der Waals surface area contributed by atoms with E-state index >= 15 is 0 Å². The Labute approximate surface area is 139 Å². The molecule has 0 fully saturated rings. The highest BCUT2D eigenvalue weighted by atomic mass is 16.5. The van der Waals surface area contributed by atoms with E-state index < -0.39 is 18.0 Å². The monoisotopic (exact) mass is 333 g/mol. The Morgan fingerprint density at radius 2 is 2.00 bits per heavy atom. The van der Waals surface area contributed by atoms with Crippen LogP contribution < -0.4 is 15.5 Å². The van der Waals surface area contributed by atoms with Gasteiger partial charge in [-0.25, -0.2) is 10.2 Å². The number of esters is 1. The number of nitrogens with one attached hydrogen (secondary N) is 2. The fourth-order valence-corrected chi connectivity index (χ4v) is 1.98. The molecule has 0 unspecified atom stereocenters. The van der Waals surface area contributed by atoms with Gasteiger partial charge in [-0.05, 0) is 24.6 Å². The van der Waals surface area contributed by atoms with Crippen LogP contribution in [-0.2, 0) is 25.7 Å². The predicted octanol–water partition coefficient (Wildman–Crippen LogP) is 0.509. The van der Waals surface area contributed by atoms with Crippen molar-refractivity contribution in [3.8, 4) is 5.75 Å². The van der Waals surface area contributed by atoms with E-state index in [2.05, 4.69) is 15.8 Å². The van der Waals surface area contributed by atoms with E-state index in [0.29, 0.717) is 6.54 Å². The van der Waals surface area contributed by atoms with Crippen LogP contribution >= 0.6 is 0 Å². The molecule has 0 radical (unpaired) electrons. The number of ether oxygens (including phenoxy) is 2. The number of benzene rings is 1. The number of carbonyl (C=O) groups is 3. The summed E-state index contributed by atoms with van der Waals surface area (Å²) in [5.74, 6) is -0.647. The maximum Gasteiger partial charge on any atom is 0.355 e. The number of hydrogen-bond donors (Lipinski definition) is 2. The molecule has 0 bridgehead atoms. The lowest BCUT2D eigenvalue weighted by atomic mass is 10.2. The molecule has 2 N–H and O–H groups in total. The Kier molecular flexibility index (Phi) is 5.89. The average Bonchev–Trinajstić information content (AvgIpc) is 2.60. The largest absolute Gasteiger partial charge is 0.497 e. The molecule has 1 atom stereocenters. The summed E-state index contributed by atoms with van der Waals surface area (Å²) in [6.07, 6.45) is -0.590. The van der Waals surface area contributed by atoms with Crippen LogP contribution in [0.4, 0.5) is 0 Å². The molecular weight excluding hydrogens is 314 g/mol. The van der Waals surface area contributed by atoms with Gasteiger partial charge in [-0.2, -0.15) is 5.10 Å². The molecule has 0 saturated carbocycles. The molecular formula is C16H19N3O5. The van der Waals surface area contributed by atoms with Gasteiger partial charge in [0.25, 0.3) is 5.91 Å². The highest BCUT2D eigenvalue weighted by Crippen LogP contribution is 2.11. The zero-order valence-corrected chi connectivity index (χ0v) is 13.5. The minimum Gasteiger partial charge on any atom is -0.497 e. The lowest BCUT2D eigenvalue weighted by Gasteiger charge is -2.16. The maximum atomic E-state index is 12.0. The van der Waals surface area contributed by atoms with E-state index in [4.69, 9.17) is 9.47 Å². The van der Waals surface area contributed by atoms with Crippen LogP contribution in [0, 0.1) is 0 Å². The van der Waals surface area contributed by atoms with Gasteiger partial charge in [0.2, 0.25) is 5.91 Å². The first kappa shape index (κ1) is 17.5. The zero-order chi connectivity index (χ0) is 17.5. The van der Waals surface area contributed by atoms with Crippen LogP contribution in [0.25, 0.3) is 0 Å². The minimum absolute atomic E-state index is 0.101. The summed E-state index contributed by atoms with van der Waals surface area (Å²) in [6, 6.07) is 7.24. The maximum absolute atomic E-state index is 12.0. The van der Waals surface area contributed by atoms with Crippen LogP contribution in [0.3, 0.4) is 0 Å². The molecule has 128 valence electrons. The fourth-order valence-electron chi connectivity index (χ4n) is 1.98. The van der Waals surface area contributed by atoms with Gasteiger partial charge < -0.3 is 14.8 Å². The Hall–Kier alpha value is -2.90. The van der Waals surface area contributed by atoms with E-state index in [1.54, 1.807) is 19.2 Å². The first-order valence-corrected chi connectivity index (χ1v) is 7.46. The average molecular weight is 333 g/mol. The van der Waals surface area contributed by atoms with Crippen molar-refractivity contribution in [3.63, 3.8) is 0 Å². The van der Waals surface area contributed by atoms with Crippen LogP contribution in [0.5, 0.6) is 5.75 Å². The highest BCUT2D eigenvalue weighted by Gasteiger charge is 2.24. The molecule has 1 aromatic carbocycles. The summed E-state index contributed by atoms with van der Waals surface area (Å²) in [5.41, 5.74) is 3.20. The number of rotatable bonds is 6. The van der Waals surface area contributed by atoms with E-state index in [9.17, 15) is 14.4 Å². The van der Waals surface area contributed by atoms with E-state index in [1.807, 2.05) is 12.1 Å². The van der Waals surface area contributed by atoms with E-state index in [0.717, 1.165) is 11.3 Å². The quantitative estimate of drug-likeness (QED) is 0.738. The van der Waals surface area contributed by atoms with Gasteiger partial charge in [-0.15, -0.1) is 0 Å². The summed E-state index contributed by atoms with van der Waals surface area (Å²) >= 11 is 0. The molecule has 1 aliphatic heterocycles. The minimum atomic E-state index is -0.962. The first-order valence-electron chi connectivity index (χ1n) is 7.46. The van der Waals surface area contributed by atoms with Crippen molar-refractivity contribution in [3.05, 3.63) is 29.8 Å². The normalized spacial score (nSPS) is 14.9.